The number of unbranched alkanes of at least 4 members (excludes halogenated alkanes) is 3. The van der Waals surface area contributed by atoms with E-state index < -0.39 is 0 Å². The molecule has 0 fully saturated rings. The van der Waals surface area contributed by atoms with E-state index in [0.717, 1.165) is 6.54 Å². The Kier molecular flexibility index (Phi) is 5.35. The van der Waals surface area contributed by atoms with Gasteiger partial charge in [-0.25, -0.2) is 9.55 Å². The maximum atomic E-state index is 3.33. The maximum Gasteiger partial charge on any atom is 0.254 e. The summed E-state index contributed by atoms with van der Waals surface area (Å²) >= 11 is 0. The molecule has 0 bridgehead atoms. The molecule has 14 heavy (non-hydrogen) atoms. The van der Waals surface area contributed by atoms with Crippen LogP contribution in [0.25, 0.3) is 0 Å². The number of nitrogens with zero attached hydrogens (tertiary/aromatic N) is 1. The average Bonchev–Trinajstić information content (AvgIpc) is 2.61. The molecule has 0 saturated carbocycles. The number of rotatable bonds is 7. The summed E-state index contributed by atoms with van der Waals surface area (Å²) in [4.78, 5) is 3.33. The Labute approximate surface area is 87.4 Å². The summed E-state index contributed by atoms with van der Waals surface area (Å²) in [6, 6.07) is 0. The monoisotopic (exact) mass is 195 g/mol. The Bertz CT molecular complexity index is 240. The Balaban J connectivity index is 2.30. The molecule has 0 aliphatic carbocycles. The second kappa shape index (κ2) is 6.63. The second-order valence-corrected chi connectivity index (χ2v) is 3.91. The van der Waals surface area contributed by atoms with Crippen molar-refractivity contribution in [1.29, 1.82) is 0 Å². The van der Waals surface area contributed by atoms with Crippen molar-refractivity contribution in [2.75, 3.05) is 0 Å². The lowest BCUT2D eigenvalue weighted by Gasteiger charge is -1.99. The van der Waals surface area contributed by atoms with Gasteiger partial charge in [0.1, 0.15) is 12.4 Å². The Hall–Kier alpha value is -0.790. The minimum Gasteiger partial charge on any atom is -0.248 e. The van der Waals surface area contributed by atoms with Crippen LogP contribution in [0.2, 0.25) is 0 Å². The molecule has 1 aromatic heterocycles. The number of aryl methyl sites for hydroxylation is 2. The predicted octanol–water partition coefficient (Wildman–Crippen LogP) is 2.84. The van der Waals surface area contributed by atoms with Crippen LogP contribution in [0, 0.1) is 0 Å². The molecule has 0 aliphatic rings. The predicted molar refractivity (Wildman–Crippen MR) is 59.1 cm³/mol. The molecule has 1 heterocycles. The lowest BCUT2D eigenvalue weighted by atomic mass is 10.1. The third kappa shape index (κ3) is 3.52. The third-order valence-corrected chi connectivity index (χ3v) is 2.58. The molecular formula is C12H23N2+. The van der Waals surface area contributed by atoms with Crippen molar-refractivity contribution in [3.63, 3.8) is 0 Å². The fourth-order valence-electron chi connectivity index (χ4n) is 1.78. The zero-order valence-electron chi connectivity index (χ0n) is 9.55. The second-order valence-electron chi connectivity index (χ2n) is 3.91. The summed E-state index contributed by atoms with van der Waals surface area (Å²) in [5, 5.41) is 0. The van der Waals surface area contributed by atoms with Gasteiger partial charge in [0.05, 0.1) is 6.54 Å². The van der Waals surface area contributed by atoms with Crippen LogP contribution in [0.15, 0.2) is 12.4 Å². The summed E-state index contributed by atoms with van der Waals surface area (Å²) in [6.07, 6.45) is 12.0. The highest BCUT2D eigenvalue weighted by Crippen LogP contribution is 2.02. The quantitative estimate of drug-likeness (QED) is 0.510. The van der Waals surface area contributed by atoms with E-state index in [9.17, 15) is 0 Å². The van der Waals surface area contributed by atoms with E-state index in [-0.39, 0.29) is 0 Å². The van der Waals surface area contributed by atoms with Crippen LogP contribution in [0.5, 0.6) is 0 Å². The smallest absolute Gasteiger partial charge is 0.248 e. The van der Waals surface area contributed by atoms with Crippen molar-refractivity contribution in [3.8, 4) is 0 Å². The van der Waals surface area contributed by atoms with E-state index in [1.54, 1.807) is 0 Å². The van der Waals surface area contributed by atoms with Crippen LogP contribution in [0.1, 0.15) is 51.8 Å². The molecule has 0 spiro atoms. The summed E-state index contributed by atoms with van der Waals surface area (Å²) in [5.41, 5.74) is 0. The van der Waals surface area contributed by atoms with Gasteiger partial charge in [-0.2, -0.15) is 0 Å². The molecule has 0 radical (unpaired) electrons. The van der Waals surface area contributed by atoms with Gasteiger partial charge in [-0.05, 0) is 12.8 Å². The van der Waals surface area contributed by atoms with Crippen molar-refractivity contribution in [3.05, 3.63) is 18.2 Å². The summed E-state index contributed by atoms with van der Waals surface area (Å²) in [7, 11) is 0. The Morgan fingerprint density at radius 3 is 2.71 bits per heavy atom. The lowest BCUT2D eigenvalue weighted by molar-refractivity contribution is -0.702. The van der Waals surface area contributed by atoms with E-state index in [1.165, 1.54) is 44.3 Å². The van der Waals surface area contributed by atoms with Crippen LogP contribution in [-0.2, 0) is 13.0 Å². The fraction of sp³-hybridized carbons (Fsp3) is 0.750. The molecule has 2 nitrogen and oxygen atoms in total. The van der Waals surface area contributed by atoms with Crippen LogP contribution in [0.4, 0.5) is 0 Å². The van der Waals surface area contributed by atoms with Gasteiger partial charge in [-0.3, -0.25) is 0 Å². The number of nitrogens with one attached hydrogen (secondary N) is 1. The van der Waals surface area contributed by atoms with Gasteiger partial charge in [-0.1, -0.05) is 33.1 Å². The van der Waals surface area contributed by atoms with Gasteiger partial charge in [0.25, 0.3) is 5.82 Å². The number of aromatic nitrogens is 2. The highest BCUT2D eigenvalue weighted by atomic mass is 15.1. The van der Waals surface area contributed by atoms with E-state index in [0.29, 0.717) is 0 Å². The Morgan fingerprint density at radius 2 is 2.00 bits per heavy atom. The first-order valence-corrected chi connectivity index (χ1v) is 5.94. The molecule has 0 atom stereocenters. The molecule has 0 amide bonds. The van der Waals surface area contributed by atoms with Crippen LogP contribution < -0.4 is 4.57 Å². The van der Waals surface area contributed by atoms with Gasteiger partial charge < -0.3 is 0 Å². The third-order valence-electron chi connectivity index (χ3n) is 2.58. The van der Waals surface area contributed by atoms with Gasteiger partial charge in [0.2, 0.25) is 0 Å². The van der Waals surface area contributed by atoms with Gasteiger partial charge in [-0.15, -0.1) is 0 Å². The van der Waals surface area contributed by atoms with Crippen molar-refractivity contribution in [2.45, 2.75) is 58.9 Å². The SMILES string of the molecule is CCCCCCc1[nH]cc[n+]1CCC. The highest BCUT2D eigenvalue weighted by molar-refractivity contribution is 4.77. The molecule has 0 aliphatic heterocycles. The summed E-state index contributed by atoms with van der Waals surface area (Å²) in [6.45, 7) is 5.62. The minimum absolute atomic E-state index is 1.15. The molecule has 80 valence electrons. The normalized spacial score (nSPS) is 10.7. The number of hydrogen-bond donors (Lipinski definition) is 1. The topological polar surface area (TPSA) is 19.7 Å². The fourth-order valence-corrected chi connectivity index (χ4v) is 1.78. The maximum absolute atomic E-state index is 3.33. The zero-order chi connectivity index (χ0) is 10.2. The summed E-state index contributed by atoms with van der Waals surface area (Å²) < 4.78 is 2.34. The van der Waals surface area contributed by atoms with Crippen molar-refractivity contribution >= 4 is 0 Å². The minimum atomic E-state index is 1.15. The first kappa shape index (κ1) is 11.3. The van der Waals surface area contributed by atoms with E-state index in [2.05, 4.69) is 29.6 Å². The van der Waals surface area contributed by atoms with E-state index in [4.69, 9.17) is 0 Å². The van der Waals surface area contributed by atoms with Gasteiger partial charge in [0.15, 0.2) is 0 Å². The Morgan fingerprint density at radius 1 is 1.14 bits per heavy atom. The number of H-pyrrole nitrogens is 1. The van der Waals surface area contributed by atoms with Crippen molar-refractivity contribution in [2.24, 2.45) is 0 Å². The summed E-state index contributed by atoms with van der Waals surface area (Å²) in [5.74, 6) is 1.39. The first-order chi connectivity index (χ1) is 6.88. The van der Waals surface area contributed by atoms with Gasteiger partial charge >= 0.3 is 0 Å². The molecule has 1 N–H and O–H groups in total. The zero-order valence-corrected chi connectivity index (χ0v) is 9.55. The van der Waals surface area contributed by atoms with E-state index in [1.807, 2.05) is 6.20 Å². The van der Waals surface area contributed by atoms with Crippen LogP contribution in [0.3, 0.4) is 0 Å². The number of imidazole rings is 1. The molecule has 1 aromatic rings. The number of aromatic amines is 1. The van der Waals surface area contributed by atoms with Crippen LogP contribution >= 0.6 is 0 Å². The largest absolute Gasteiger partial charge is 0.254 e. The molecule has 0 unspecified atom stereocenters. The van der Waals surface area contributed by atoms with Gasteiger partial charge in [0, 0.05) is 6.42 Å². The molecule has 2 heteroatoms. The molecule has 0 saturated heterocycles. The van der Waals surface area contributed by atoms with Crippen LogP contribution in [-0.4, -0.2) is 4.98 Å². The first-order valence-electron chi connectivity index (χ1n) is 5.94. The number of hydrogen-bond acceptors (Lipinski definition) is 0. The lowest BCUT2D eigenvalue weighted by Crippen LogP contribution is -2.35. The van der Waals surface area contributed by atoms with Crippen molar-refractivity contribution < 1.29 is 4.57 Å². The standard InChI is InChI=1S/C12H22N2/c1-3-5-6-7-8-12-13-9-11-14(12)10-4-2/h9,11H,3-8,10H2,1-2H3/p+1. The molecule has 1 rings (SSSR count). The molecule has 0 aromatic carbocycles. The average molecular weight is 195 g/mol. The van der Waals surface area contributed by atoms with Crippen molar-refractivity contribution in [1.82, 2.24) is 4.98 Å². The molecular weight excluding hydrogens is 172 g/mol. The van der Waals surface area contributed by atoms with E-state index >= 15 is 0 Å². The highest BCUT2D eigenvalue weighted by Gasteiger charge is 2.08.